The summed E-state index contributed by atoms with van der Waals surface area (Å²) in [7, 11) is 0. The van der Waals surface area contributed by atoms with Crippen LogP contribution in [0.4, 0.5) is 4.39 Å². The first kappa shape index (κ1) is 16.1. The van der Waals surface area contributed by atoms with Crippen LogP contribution in [0.2, 0.25) is 0 Å². The Morgan fingerprint density at radius 3 is 2.70 bits per heavy atom. The SMILES string of the molecule is O=C(c1ccccc1F)N1CCC(CSCc2ccco2)CC1. The summed E-state index contributed by atoms with van der Waals surface area (Å²) in [5.41, 5.74) is 0.179. The lowest BCUT2D eigenvalue weighted by atomic mass is 9.98. The molecule has 3 rings (SSSR count). The number of rotatable bonds is 5. The molecule has 2 aromatic rings. The molecule has 0 radical (unpaired) electrons. The van der Waals surface area contributed by atoms with Crippen LogP contribution < -0.4 is 0 Å². The molecule has 0 atom stereocenters. The maximum Gasteiger partial charge on any atom is 0.256 e. The molecular formula is C18H20FNO2S. The van der Waals surface area contributed by atoms with E-state index in [0.717, 1.165) is 30.1 Å². The van der Waals surface area contributed by atoms with Crippen molar-refractivity contribution < 1.29 is 13.6 Å². The highest BCUT2D eigenvalue weighted by Gasteiger charge is 2.25. The van der Waals surface area contributed by atoms with Gasteiger partial charge in [0.25, 0.3) is 5.91 Å². The molecule has 5 heteroatoms. The molecule has 122 valence electrons. The van der Waals surface area contributed by atoms with Crippen LogP contribution in [0.5, 0.6) is 0 Å². The number of likely N-dealkylation sites (tertiary alicyclic amines) is 1. The van der Waals surface area contributed by atoms with Gasteiger partial charge in [-0.15, -0.1) is 0 Å². The molecule has 1 amide bonds. The van der Waals surface area contributed by atoms with Gasteiger partial charge in [0.2, 0.25) is 0 Å². The summed E-state index contributed by atoms with van der Waals surface area (Å²) >= 11 is 1.87. The second kappa shape index (κ2) is 7.68. The summed E-state index contributed by atoms with van der Waals surface area (Å²) in [6.45, 7) is 1.41. The first-order valence-corrected chi connectivity index (χ1v) is 9.03. The van der Waals surface area contributed by atoms with Gasteiger partial charge in [-0.2, -0.15) is 11.8 Å². The number of piperidine rings is 1. The van der Waals surface area contributed by atoms with Crippen LogP contribution in [0.25, 0.3) is 0 Å². The number of carbonyl (C=O) groups is 1. The highest BCUT2D eigenvalue weighted by Crippen LogP contribution is 2.25. The van der Waals surface area contributed by atoms with Crippen LogP contribution in [0.1, 0.15) is 29.0 Å². The van der Waals surface area contributed by atoms with Crippen molar-refractivity contribution in [2.75, 3.05) is 18.8 Å². The van der Waals surface area contributed by atoms with E-state index in [9.17, 15) is 9.18 Å². The molecule has 1 aromatic carbocycles. The van der Waals surface area contributed by atoms with Crippen molar-refractivity contribution in [2.24, 2.45) is 5.92 Å². The van der Waals surface area contributed by atoms with E-state index in [1.54, 1.807) is 29.4 Å². The van der Waals surface area contributed by atoms with Gasteiger partial charge in [-0.1, -0.05) is 12.1 Å². The van der Waals surface area contributed by atoms with Gasteiger partial charge in [-0.05, 0) is 48.8 Å². The molecule has 1 aliphatic heterocycles. The summed E-state index contributed by atoms with van der Waals surface area (Å²) < 4.78 is 19.0. The monoisotopic (exact) mass is 333 g/mol. The number of hydrogen-bond donors (Lipinski definition) is 0. The average Bonchev–Trinajstić information content (AvgIpc) is 3.09. The Bertz CT molecular complexity index is 636. The topological polar surface area (TPSA) is 33.5 Å². The average molecular weight is 333 g/mol. The molecule has 1 aromatic heterocycles. The number of hydrogen-bond acceptors (Lipinski definition) is 3. The molecule has 0 spiro atoms. The van der Waals surface area contributed by atoms with Crippen LogP contribution >= 0.6 is 11.8 Å². The second-order valence-corrected chi connectivity index (χ2v) is 6.84. The quantitative estimate of drug-likeness (QED) is 0.822. The van der Waals surface area contributed by atoms with E-state index in [2.05, 4.69) is 0 Å². The van der Waals surface area contributed by atoms with E-state index in [1.165, 1.54) is 6.07 Å². The summed E-state index contributed by atoms with van der Waals surface area (Å²) in [6.07, 6.45) is 3.65. The van der Waals surface area contributed by atoms with E-state index in [1.807, 2.05) is 23.9 Å². The van der Waals surface area contributed by atoms with Crippen molar-refractivity contribution in [3.05, 3.63) is 59.8 Å². The Labute approximate surface area is 139 Å². The number of nitrogens with zero attached hydrogens (tertiary/aromatic N) is 1. The Balaban J connectivity index is 1.45. The smallest absolute Gasteiger partial charge is 0.256 e. The fraction of sp³-hybridized carbons (Fsp3) is 0.389. The molecule has 1 fully saturated rings. The lowest BCUT2D eigenvalue weighted by Crippen LogP contribution is -2.39. The Morgan fingerprint density at radius 1 is 1.22 bits per heavy atom. The minimum Gasteiger partial charge on any atom is -0.468 e. The molecule has 0 unspecified atom stereocenters. The summed E-state index contributed by atoms with van der Waals surface area (Å²) in [5.74, 6) is 2.95. The lowest BCUT2D eigenvalue weighted by Gasteiger charge is -2.32. The second-order valence-electron chi connectivity index (χ2n) is 5.81. The maximum absolute atomic E-state index is 13.7. The molecule has 0 N–H and O–H groups in total. The lowest BCUT2D eigenvalue weighted by molar-refractivity contribution is 0.0694. The summed E-state index contributed by atoms with van der Waals surface area (Å²) in [6, 6.07) is 10.1. The standard InChI is InChI=1S/C18H20FNO2S/c19-17-6-2-1-5-16(17)18(21)20-9-7-14(8-10-20)12-23-13-15-4-3-11-22-15/h1-6,11,14H,7-10,12-13H2. The van der Waals surface area contributed by atoms with Crippen LogP contribution in [0, 0.1) is 11.7 Å². The summed E-state index contributed by atoms with van der Waals surface area (Å²) in [5, 5.41) is 0. The van der Waals surface area contributed by atoms with Crippen molar-refractivity contribution in [1.82, 2.24) is 4.90 Å². The maximum atomic E-state index is 13.7. The third-order valence-corrected chi connectivity index (χ3v) is 5.38. The van der Waals surface area contributed by atoms with Gasteiger partial charge < -0.3 is 9.32 Å². The molecular weight excluding hydrogens is 313 g/mol. The largest absolute Gasteiger partial charge is 0.468 e. The Morgan fingerprint density at radius 2 is 2.00 bits per heavy atom. The molecule has 1 aliphatic rings. The molecule has 3 nitrogen and oxygen atoms in total. The van der Waals surface area contributed by atoms with Gasteiger partial charge in [-0.3, -0.25) is 4.79 Å². The van der Waals surface area contributed by atoms with Crippen LogP contribution in [0.15, 0.2) is 47.1 Å². The predicted molar refractivity (Wildman–Crippen MR) is 89.9 cm³/mol. The van der Waals surface area contributed by atoms with Gasteiger partial charge in [0.15, 0.2) is 0 Å². The van der Waals surface area contributed by atoms with Crippen LogP contribution in [-0.2, 0) is 5.75 Å². The molecule has 23 heavy (non-hydrogen) atoms. The number of thioether (sulfide) groups is 1. The zero-order chi connectivity index (χ0) is 16.1. The molecule has 0 bridgehead atoms. The highest BCUT2D eigenvalue weighted by atomic mass is 32.2. The number of furan rings is 1. The zero-order valence-electron chi connectivity index (χ0n) is 12.9. The van der Waals surface area contributed by atoms with Crippen molar-refractivity contribution in [1.29, 1.82) is 0 Å². The number of halogens is 1. The Hall–Kier alpha value is -1.75. The molecule has 2 heterocycles. The van der Waals surface area contributed by atoms with Crippen molar-refractivity contribution in [3.8, 4) is 0 Å². The number of carbonyl (C=O) groups excluding carboxylic acids is 1. The van der Waals surface area contributed by atoms with Gasteiger partial charge in [0, 0.05) is 13.1 Å². The Kier molecular flexibility index (Phi) is 5.39. The van der Waals surface area contributed by atoms with Gasteiger partial charge >= 0.3 is 0 Å². The van der Waals surface area contributed by atoms with Crippen LogP contribution in [-0.4, -0.2) is 29.6 Å². The van der Waals surface area contributed by atoms with E-state index in [0.29, 0.717) is 19.0 Å². The molecule has 1 saturated heterocycles. The molecule has 0 saturated carbocycles. The van der Waals surface area contributed by atoms with E-state index >= 15 is 0 Å². The van der Waals surface area contributed by atoms with E-state index in [-0.39, 0.29) is 11.5 Å². The third kappa shape index (κ3) is 4.16. The van der Waals surface area contributed by atoms with Gasteiger partial charge in [-0.25, -0.2) is 4.39 Å². The summed E-state index contributed by atoms with van der Waals surface area (Å²) in [4.78, 5) is 14.1. The van der Waals surface area contributed by atoms with E-state index in [4.69, 9.17) is 4.42 Å². The fourth-order valence-corrected chi connectivity index (χ4v) is 3.98. The fourth-order valence-electron chi connectivity index (χ4n) is 2.83. The highest BCUT2D eigenvalue weighted by molar-refractivity contribution is 7.98. The number of benzene rings is 1. The van der Waals surface area contributed by atoms with Gasteiger partial charge in [0.05, 0.1) is 17.6 Å². The van der Waals surface area contributed by atoms with Crippen molar-refractivity contribution >= 4 is 17.7 Å². The van der Waals surface area contributed by atoms with Crippen LogP contribution in [0.3, 0.4) is 0 Å². The normalized spacial score (nSPS) is 15.8. The van der Waals surface area contributed by atoms with Gasteiger partial charge in [0.1, 0.15) is 11.6 Å². The van der Waals surface area contributed by atoms with Crippen molar-refractivity contribution in [2.45, 2.75) is 18.6 Å². The van der Waals surface area contributed by atoms with Crippen molar-refractivity contribution in [3.63, 3.8) is 0 Å². The third-order valence-electron chi connectivity index (χ3n) is 4.18. The first-order valence-electron chi connectivity index (χ1n) is 7.88. The first-order chi connectivity index (χ1) is 11.2. The predicted octanol–water partition coefficient (Wildman–Crippen LogP) is 4.20. The molecule has 0 aliphatic carbocycles. The zero-order valence-corrected chi connectivity index (χ0v) is 13.7. The van der Waals surface area contributed by atoms with E-state index < -0.39 is 5.82 Å². The minimum absolute atomic E-state index is 0.179. The number of amides is 1. The minimum atomic E-state index is -0.436.